The van der Waals surface area contributed by atoms with E-state index in [2.05, 4.69) is 26.6 Å². The molecule has 0 fully saturated rings. The number of furan rings is 1. The quantitative estimate of drug-likeness (QED) is 0.343. The van der Waals surface area contributed by atoms with Crippen molar-refractivity contribution in [3.8, 4) is 0 Å². The fourth-order valence-corrected chi connectivity index (χ4v) is 2.98. The number of amides is 2. The average molecular weight is 497 g/mol. The van der Waals surface area contributed by atoms with Gasteiger partial charge in [-0.15, -0.1) is 0 Å². The highest BCUT2D eigenvalue weighted by Gasteiger charge is 2.17. The van der Waals surface area contributed by atoms with E-state index in [9.17, 15) is 14.4 Å². The van der Waals surface area contributed by atoms with Gasteiger partial charge in [0.15, 0.2) is 10.4 Å². The molecular weight excluding hydrogens is 476 g/mol. The van der Waals surface area contributed by atoms with Crippen LogP contribution in [0.3, 0.4) is 0 Å². The van der Waals surface area contributed by atoms with Crippen molar-refractivity contribution >= 4 is 39.8 Å². The Bertz CT molecular complexity index is 1090. The first kappa shape index (κ1) is 23.0. The lowest BCUT2D eigenvalue weighted by Gasteiger charge is -2.10. The standard InChI is InChI=1S/C24H21BrN2O5/c25-21-12-11-20(32-21)24(30)27-19(15-17-7-3-1-4-8-17)23(29)26-14-13-22(28)31-16-18-9-5-2-6-10-18/h1-12,15H,13-14,16H2,(H,26,29)(H,27,30)/b19-15-. The highest BCUT2D eigenvalue weighted by molar-refractivity contribution is 9.10. The topological polar surface area (TPSA) is 97.6 Å². The van der Waals surface area contributed by atoms with Gasteiger partial charge < -0.3 is 19.8 Å². The summed E-state index contributed by atoms with van der Waals surface area (Å²) in [5.41, 5.74) is 1.62. The maximum atomic E-state index is 12.7. The molecule has 7 nitrogen and oxygen atoms in total. The van der Waals surface area contributed by atoms with E-state index in [-0.39, 0.29) is 31.0 Å². The first-order chi connectivity index (χ1) is 15.5. The van der Waals surface area contributed by atoms with Crippen LogP contribution in [-0.2, 0) is 20.9 Å². The highest BCUT2D eigenvalue weighted by Crippen LogP contribution is 2.14. The van der Waals surface area contributed by atoms with Crippen LogP contribution in [0.4, 0.5) is 0 Å². The van der Waals surface area contributed by atoms with Gasteiger partial charge in [-0.1, -0.05) is 60.7 Å². The molecule has 0 aliphatic heterocycles. The second kappa shape index (κ2) is 11.7. The zero-order valence-corrected chi connectivity index (χ0v) is 18.6. The predicted molar refractivity (Wildman–Crippen MR) is 122 cm³/mol. The molecule has 1 heterocycles. The van der Waals surface area contributed by atoms with Gasteiger partial charge in [0, 0.05) is 6.54 Å². The lowest BCUT2D eigenvalue weighted by molar-refractivity contribution is -0.144. The van der Waals surface area contributed by atoms with Crippen LogP contribution in [0, 0.1) is 0 Å². The predicted octanol–water partition coefficient (Wildman–Crippen LogP) is 4.06. The second-order valence-electron chi connectivity index (χ2n) is 6.68. The van der Waals surface area contributed by atoms with Crippen molar-refractivity contribution in [2.75, 3.05) is 6.54 Å². The molecule has 0 aliphatic carbocycles. The highest BCUT2D eigenvalue weighted by atomic mass is 79.9. The van der Waals surface area contributed by atoms with E-state index in [1.807, 2.05) is 48.5 Å². The molecule has 0 aliphatic rings. The van der Waals surface area contributed by atoms with Gasteiger partial charge >= 0.3 is 5.97 Å². The summed E-state index contributed by atoms with van der Waals surface area (Å²) in [5, 5.41) is 5.19. The largest absolute Gasteiger partial charge is 0.461 e. The number of carbonyl (C=O) groups excluding carboxylic acids is 3. The zero-order valence-electron chi connectivity index (χ0n) is 17.0. The molecule has 0 saturated heterocycles. The van der Waals surface area contributed by atoms with Gasteiger partial charge in [-0.2, -0.15) is 0 Å². The van der Waals surface area contributed by atoms with Crippen LogP contribution in [0.1, 0.15) is 28.1 Å². The van der Waals surface area contributed by atoms with Crippen LogP contribution < -0.4 is 10.6 Å². The Labute approximate surface area is 193 Å². The Morgan fingerprint density at radius 3 is 2.28 bits per heavy atom. The second-order valence-corrected chi connectivity index (χ2v) is 7.46. The number of esters is 1. The van der Waals surface area contributed by atoms with E-state index in [0.29, 0.717) is 4.67 Å². The molecule has 32 heavy (non-hydrogen) atoms. The molecule has 0 atom stereocenters. The fourth-order valence-electron chi connectivity index (χ4n) is 2.68. The van der Waals surface area contributed by atoms with Crippen LogP contribution in [-0.4, -0.2) is 24.3 Å². The third-order valence-electron chi connectivity index (χ3n) is 4.26. The maximum absolute atomic E-state index is 12.7. The Balaban J connectivity index is 1.57. The fraction of sp³-hybridized carbons (Fsp3) is 0.125. The summed E-state index contributed by atoms with van der Waals surface area (Å²) in [7, 11) is 0. The third kappa shape index (κ3) is 7.24. The number of hydrogen-bond donors (Lipinski definition) is 2. The molecule has 0 unspecified atom stereocenters. The Kier molecular flexibility index (Phi) is 8.39. The molecule has 1 aromatic heterocycles. The van der Waals surface area contributed by atoms with Crippen LogP contribution in [0.5, 0.6) is 0 Å². The van der Waals surface area contributed by atoms with Gasteiger partial charge in [-0.3, -0.25) is 14.4 Å². The normalized spacial score (nSPS) is 11.0. The Hall–Kier alpha value is -3.65. The number of benzene rings is 2. The SMILES string of the molecule is O=C(CCNC(=O)/C(=C/c1ccccc1)NC(=O)c1ccc(Br)o1)OCc1ccccc1. The minimum Gasteiger partial charge on any atom is -0.461 e. The average Bonchev–Trinajstić information content (AvgIpc) is 3.25. The molecule has 3 rings (SSSR count). The van der Waals surface area contributed by atoms with Gasteiger partial charge in [0.1, 0.15) is 12.3 Å². The molecule has 0 bridgehead atoms. The van der Waals surface area contributed by atoms with Crippen molar-refractivity contribution in [3.05, 3.63) is 100 Å². The minimum atomic E-state index is -0.574. The zero-order chi connectivity index (χ0) is 22.8. The van der Waals surface area contributed by atoms with Gasteiger partial charge in [0.25, 0.3) is 11.8 Å². The van der Waals surface area contributed by atoms with Gasteiger partial charge in [-0.25, -0.2) is 0 Å². The first-order valence-electron chi connectivity index (χ1n) is 9.82. The van der Waals surface area contributed by atoms with Gasteiger partial charge in [0.2, 0.25) is 0 Å². The van der Waals surface area contributed by atoms with Crippen molar-refractivity contribution in [1.82, 2.24) is 10.6 Å². The lowest BCUT2D eigenvalue weighted by atomic mass is 10.2. The van der Waals surface area contributed by atoms with Crippen molar-refractivity contribution in [2.24, 2.45) is 0 Å². The molecule has 164 valence electrons. The number of halogens is 1. The van der Waals surface area contributed by atoms with Gasteiger partial charge in [0.05, 0.1) is 6.42 Å². The molecule has 2 N–H and O–H groups in total. The summed E-state index contributed by atoms with van der Waals surface area (Å²) < 4.78 is 10.8. The van der Waals surface area contributed by atoms with E-state index in [0.717, 1.165) is 11.1 Å². The summed E-state index contributed by atoms with van der Waals surface area (Å²) in [6.07, 6.45) is 1.54. The number of carbonyl (C=O) groups is 3. The number of rotatable bonds is 9. The molecule has 8 heteroatoms. The van der Waals surface area contributed by atoms with E-state index in [1.54, 1.807) is 24.3 Å². The third-order valence-corrected chi connectivity index (χ3v) is 4.68. The van der Waals surface area contributed by atoms with Crippen LogP contribution in [0.25, 0.3) is 6.08 Å². The molecule has 2 aromatic carbocycles. The van der Waals surface area contributed by atoms with Gasteiger partial charge in [-0.05, 0) is 45.3 Å². The number of ether oxygens (including phenoxy) is 1. The van der Waals surface area contributed by atoms with Crippen molar-refractivity contribution in [1.29, 1.82) is 0 Å². The van der Waals surface area contributed by atoms with Crippen molar-refractivity contribution in [3.63, 3.8) is 0 Å². The lowest BCUT2D eigenvalue weighted by Crippen LogP contribution is -2.35. The monoisotopic (exact) mass is 496 g/mol. The van der Waals surface area contributed by atoms with Crippen LogP contribution in [0.2, 0.25) is 0 Å². The molecule has 0 spiro atoms. The molecule has 3 aromatic rings. The Morgan fingerprint density at radius 2 is 1.62 bits per heavy atom. The van der Waals surface area contributed by atoms with Crippen LogP contribution in [0.15, 0.2) is 87.6 Å². The van der Waals surface area contributed by atoms with E-state index in [4.69, 9.17) is 9.15 Å². The molecule has 0 saturated carbocycles. The maximum Gasteiger partial charge on any atom is 0.307 e. The van der Waals surface area contributed by atoms with E-state index in [1.165, 1.54) is 6.07 Å². The summed E-state index contributed by atoms with van der Waals surface area (Å²) in [6.45, 7) is 0.225. The molecule has 0 radical (unpaired) electrons. The smallest absolute Gasteiger partial charge is 0.307 e. The number of nitrogens with one attached hydrogen (secondary N) is 2. The summed E-state index contributed by atoms with van der Waals surface area (Å²) in [6, 6.07) is 21.4. The van der Waals surface area contributed by atoms with Crippen molar-refractivity contribution < 1.29 is 23.5 Å². The number of hydrogen-bond acceptors (Lipinski definition) is 5. The van der Waals surface area contributed by atoms with Crippen LogP contribution >= 0.6 is 15.9 Å². The summed E-state index contributed by atoms with van der Waals surface area (Å²) >= 11 is 3.14. The summed E-state index contributed by atoms with van der Waals surface area (Å²) in [4.78, 5) is 37.1. The van der Waals surface area contributed by atoms with Crippen molar-refractivity contribution in [2.45, 2.75) is 13.0 Å². The van der Waals surface area contributed by atoms with E-state index < -0.39 is 17.8 Å². The molecular formula is C24H21BrN2O5. The summed E-state index contributed by atoms with van der Waals surface area (Å²) in [5.74, 6) is -1.50. The minimum absolute atomic E-state index is 0.00370. The van der Waals surface area contributed by atoms with E-state index >= 15 is 0 Å². The molecule has 2 amide bonds. The first-order valence-corrected chi connectivity index (χ1v) is 10.6. The Morgan fingerprint density at radius 1 is 0.938 bits per heavy atom.